The van der Waals surface area contributed by atoms with Crippen molar-refractivity contribution in [2.75, 3.05) is 27.3 Å². The Hall–Kier alpha value is -1.40. The number of hydrogen-bond donors (Lipinski definition) is 1. The highest BCUT2D eigenvalue weighted by Gasteiger charge is 2.25. The van der Waals surface area contributed by atoms with Crippen LogP contribution in [0.4, 0.5) is 0 Å². The Labute approximate surface area is 113 Å². The van der Waals surface area contributed by atoms with Gasteiger partial charge in [-0.2, -0.15) is 0 Å². The van der Waals surface area contributed by atoms with E-state index in [1.54, 1.807) is 19.1 Å². The molecule has 0 fully saturated rings. The topological polar surface area (TPSA) is 76.1 Å². The Bertz CT molecular complexity index is 342. The van der Waals surface area contributed by atoms with E-state index in [0.717, 1.165) is 6.42 Å². The normalized spacial score (nSPS) is 25.5. The second-order valence-electron chi connectivity index (χ2n) is 4.42. The lowest BCUT2D eigenvalue weighted by Gasteiger charge is -2.31. The maximum atomic E-state index is 12.0. The zero-order valence-electron chi connectivity index (χ0n) is 11.4. The number of nitrogens with zero attached hydrogens (tertiary/aromatic N) is 1. The Morgan fingerprint density at radius 3 is 2.63 bits per heavy atom. The zero-order valence-corrected chi connectivity index (χ0v) is 11.4. The van der Waals surface area contributed by atoms with Gasteiger partial charge in [0.2, 0.25) is 5.91 Å². The second kappa shape index (κ2) is 7.91. The van der Waals surface area contributed by atoms with Gasteiger partial charge in [0, 0.05) is 33.7 Å². The van der Waals surface area contributed by atoms with Crippen molar-refractivity contribution in [3.05, 3.63) is 12.2 Å². The largest absolute Gasteiger partial charge is 0.481 e. The first-order valence-electron chi connectivity index (χ1n) is 6.30. The Morgan fingerprint density at radius 2 is 2.05 bits per heavy atom. The number of carboxylic acid groups (broad SMARTS) is 1. The molecule has 6 nitrogen and oxygen atoms in total. The number of carboxylic acids is 1. The highest BCUT2D eigenvalue weighted by molar-refractivity contribution is 5.80. The van der Waals surface area contributed by atoms with Gasteiger partial charge in [-0.25, -0.2) is 0 Å². The highest BCUT2D eigenvalue weighted by Crippen LogP contribution is 2.13. The standard InChI is InChI=1S/C13H21NO5/c1-18-10-5-3-4-8-14(9-11(10)19-2)12(15)6-7-13(16)17/h3,5,10-11H,4,6-9H2,1-2H3,(H,16,17)/b5-3-. The van der Waals surface area contributed by atoms with E-state index in [1.807, 2.05) is 12.2 Å². The van der Waals surface area contributed by atoms with Crippen LogP contribution in [-0.4, -0.2) is 61.4 Å². The van der Waals surface area contributed by atoms with E-state index in [0.29, 0.717) is 13.1 Å². The fraction of sp³-hybridized carbons (Fsp3) is 0.692. The van der Waals surface area contributed by atoms with E-state index >= 15 is 0 Å². The van der Waals surface area contributed by atoms with E-state index in [9.17, 15) is 9.59 Å². The number of carbonyl (C=O) groups excluding carboxylic acids is 1. The third-order valence-corrected chi connectivity index (χ3v) is 3.14. The summed E-state index contributed by atoms with van der Waals surface area (Å²) in [7, 11) is 3.17. The number of rotatable bonds is 5. The summed E-state index contributed by atoms with van der Waals surface area (Å²) in [6.07, 6.45) is 4.07. The molecule has 0 saturated heterocycles. The Balaban J connectivity index is 2.65. The smallest absolute Gasteiger partial charge is 0.303 e. The van der Waals surface area contributed by atoms with Gasteiger partial charge in [-0.1, -0.05) is 12.2 Å². The van der Waals surface area contributed by atoms with Gasteiger partial charge in [0.05, 0.1) is 6.42 Å². The molecule has 1 N–H and O–H groups in total. The van der Waals surface area contributed by atoms with Crippen LogP contribution in [0.15, 0.2) is 12.2 Å². The minimum atomic E-state index is -0.960. The monoisotopic (exact) mass is 271 g/mol. The van der Waals surface area contributed by atoms with E-state index < -0.39 is 5.97 Å². The van der Waals surface area contributed by atoms with Crippen LogP contribution in [0.1, 0.15) is 19.3 Å². The highest BCUT2D eigenvalue weighted by atomic mass is 16.5. The summed E-state index contributed by atoms with van der Waals surface area (Å²) in [5.41, 5.74) is 0. The Morgan fingerprint density at radius 1 is 1.32 bits per heavy atom. The summed E-state index contributed by atoms with van der Waals surface area (Å²) >= 11 is 0. The van der Waals surface area contributed by atoms with Gasteiger partial charge in [-0.15, -0.1) is 0 Å². The van der Waals surface area contributed by atoms with Crippen molar-refractivity contribution in [3.63, 3.8) is 0 Å². The quantitative estimate of drug-likeness (QED) is 0.744. The van der Waals surface area contributed by atoms with Crippen LogP contribution in [0.2, 0.25) is 0 Å². The van der Waals surface area contributed by atoms with Gasteiger partial charge >= 0.3 is 5.97 Å². The second-order valence-corrected chi connectivity index (χ2v) is 4.42. The van der Waals surface area contributed by atoms with Crippen LogP contribution in [-0.2, 0) is 19.1 Å². The van der Waals surface area contributed by atoms with E-state index in [-0.39, 0.29) is 31.0 Å². The van der Waals surface area contributed by atoms with Crippen LogP contribution in [0, 0.1) is 0 Å². The van der Waals surface area contributed by atoms with Gasteiger partial charge < -0.3 is 19.5 Å². The molecule has 1 rings (SSSR count). The van der Waals surface area contributed by atoms with Crippen molar-refractivity contribution >= 4 is 11.9 Å². The number of carbonyl (C=O) groups is 2. The van der Waals surface area contributed by atoms with Crippen LogP contribution >= 0.6 is 0 Å². The van der Waals surface area contributed by atoms with Crippen molar-refractivity contribution in [1.82, 2.24) is 4.90 Å². The molecule has 0 aliphatic carbocycles. The van der Waals surface area contributed by atoms with Crippen LogP contribution in [0.3, 0.4) is 0 Å². The molecule has 2 unspecified atom stereocenters. The lowest BCUT2D eigenvalue weighted by atomic mass is 10.1. The minimum absolute atomic E-state index is 0.0210. The molecule has 1 aliphatic rings. The summed E-state index contributed by atoms with van der Waals surface area (Å²) in [6, 6.07) is 0. The van der Waals surface area contributed by atoms with E-state index in [1.165, 1.54) is 0 Å². The third kappa shape index (κ3) is 5.00. The predicted molar refractivity (Wildman–Crippen MR) is 68.8 cm³/mol. The van der Waals surface area contributed by atoms with Crippen molar-refractivity contribution < 1.29 is 24.2 Å². The third-order valence-electron chi connectivity index (χ3n) is 3.14. The van der Waals surface area contributed by atoms with Gasteiger partial charge in [0.25, 0.3) is 0 Å². The molecule has 108 valence electrons. The number of ether oxygens (including phenoxy) is 2. The van der Waals surface area contributed by atoms with Crippen molar-refractivity contribution in [3.8, 4) is 0 Å². The molecule has 0 aromatic heterocycles. The molecule has 0 spiro atoms. The molecule has 1 aliphatic heterocycles. The molecule has 2 atom stereocenters. The summed E-state index contributed by atoms with van der Waals surface area (Å²) in [5.74, 6) is -1.12. The molecule has 0 saturated carbocycles. The summed E-state index contributed by atoms with van der Waals surface area (Å²) in [4.78, 5) is 24.1. The molecule has 1 amide bonds. The average Bonchev–Trinajstić information content (AvgIpc) is 2.36. The van der Waals surface area contributed by atoms with Crippen LogP contribution < -0.4 is 0 Å². The molecule has 0 aromatic rings. The summed E-state index contributed by atoms with van der Waals surface area (Å²) < 4.78 is 10.7. The number of hydrogen-bond acceptors (Lipinski definition) is 4. The zero-order chi connectivity index (χ0) is 14.3. The fourth-order valence-electron chi connectivity index (χ4n) is 2.03. The van der Waals surface area contributed by atoms with Gasteiger partial charge in [0.1, 0.15) is 12.2 Å². The van der Waals surface area contributed by atoms with Crippen LogP contribution in [0.5, 0.6) is 0 Å². The van der Waals surface area contributed by atoms with Gasteiger partial charge in [-0.05, 0) is 6.42 Å². The molecular formula is C13H21NO5. The number of aliphatic carboxylic acids is 1. The first-order valence-corrected chi connectivity index (χ1v) is 6.30. The maximum absolute atomic E-state index is 12.0. The summed E-state index contributed by atoms with van der Waals surface area (Å²) in [6.45, 7) is 0.989. The first-order chi connectivity index (χ1) is 9.08. The summed E-state index contributed by atoms with van der Waals surface area (Å²) in [5, 5.41) is 8.61. The minimum Gasteiger partial charge on any atom is -0.481 e. The number of methoxy groups -OCH3 is 2. The van der Waals surface area contributed by atoms with Crippen molar-refractivity contribution in [2.45, 2.75) is 31.5 Å². The predicted octanol–water partition coefficient (Wildman–Crippen LogP) is 0.670. The average molecular weight is 271 g/mol. The van der Waals surface area contributed by atoms with Gasteiger partial charge in [0.15, 0.2) is 0 Å². The van der Waals surface area contributed by atoms with Crippen molar-refractivity contribution in [1.29, 1.82) is 0 Å². The Kier molecular flexibility index (Phi) is 6.52. The molecule has 0 bridgehead atoms. The van der Waals surface area contributed by atoms with Gasteiger partial charge in [-0.3, -0.25) is 9.59 Å². The fourth-order valence-corrected chi connectivity index (χ4v) is 2.03. The van der Waals surface area contributed by atoms with E-state index in [4.69, 9.17) is 14.6 Å². The molecule has 19 heavy (non-hydrogen) atoms. The maximum Gasteiger partial charge on any atom is 0.303 e. The lowest BCUT2D eigenvalue weighted by molar-refractivity contribution is -0.142. The SMILES string of the molecule is COC1/C=C\CCN(C(=O)CCC(=O)O)CC1OC. The van der Waals surface area contributed by atoms with E-state index in [2.05, 4.69) is 0 Å². The molecule has 1 heterocycles. The molecule has 0 radical (unpaired) electrons. The van der Waals surface area contributed by atoms with Crippen LogP contribution in [0.25, 0.3) is 0 Å². The molecule has 6 heteroatoms. The lowest BCUT2D eigenvalue weighted by Crippen LogP contribution is -2.44. The molecular weight excluding hydrogens is 250 g/mol. The number of amides is 1. The molecule has 0 aromatic carbocycles. The first kappa shape index (κ1) is 15.7. The van der Waals surface area contributed by atoms with Crippen molar-refractivity contribution in [2.24, 2.45) is 0 Å².